The van der Waals surface area contributed by atoms with Crippen LogP contribution in [-0.2, 0) is 11.4 Å². The zero-order chi connectivity index (χ0) is 14.1. The summed E-state index contributed by atoms with van der Waals surface area (Å²) in [6.07, 6.45) is -0.00250. The van der Waals surface area contributed by atoms with Crippen LogP contribution in [0, 0.1) is 5.92 Å². The van der Waals surface area contributed by atoms with Crippen molar-refractivity contribution in [2.45, 2.75) is 38.6 Å². The van der Waals surface area contributed by atoms with Crippen molar-refractivity contribution in [3.05, 3.63) is 23.8 Å². The van der Waals surface area contributed by atoms with Gasteiger partial charge in [-0.1, -0.05) is 4.40 Å². The molecule has 0 aromatic rings. The molecule has 0 heterocycles. The van der Waals surface area contributed by atoms with E-state index >= 15 is 0 Å². The van der Waals surface area contributed by atoms with E-state index in [1.807, 2.05) is 0 Å². The summed E-state index contributed by atoms with van der Waals surface area (Å²) in [5.74, 6) is -3.72. The summed E-state index contributed by atoms with van der Waals surface area (Å²) in [7, 11) is 0. The number of hydrogen-bond donors (Lipinski definition) is 0. The van der Waals surface area contributed by atoms with Crippen LogP contribution in [0.1, 0.15) is 27.7 Å². The van der Waals surface area contributed by atoms with E-state index in [2.05, 4.69) is 4.40 Å². The molecule has 1 rings (SSSR count). The van der Waals surface area contributed by atoms with Gasteiger partial charge in [-0.3, -0.25) is 0 Å². The summed E-state index contributed by atoms with van der Waals surface area (Å²) in [5.41, 5.74) is -0.00671. The molecule has 3 atom stereocenters. The quantitative estimate of drug-likeness (QED) is 0.562. The molecule has 0 aromatic carbocycles. The van der Waals surface area contributed by atoms with Crippen molar-refractivity contribution in [3.8, 4) is 0 Å². The maximum absolute atomic E-state index is 13.6. The van der Waals surface area contributed by atoms with Gasteiger partial charge in [-0.15, -0.1) is 0 Å². The van der Waals surface area contributed by atoms with Gasteiger partial charge in [0.2, 0.25) is 0 Å². The van der Waals surface area contributed by atoms with E-state index in [1.54, 1.807) is 20.8 Å². The molecule has 2 nitrogen and oxygen atoms in total. The van der Waals surface area contributed by atoms with Crippen molar-refractivity contribution >= 4 is 17.1 Å². The molecule has 3 unspecified atom stereocenters. The van der Waals surface area contributed by atoms with Crippen LogP contribution in [-0.4, -0.2) is 21.2 Å². The van der Waals surface area contributed by atoms with E-state index in [-0.39, 0.29) is 5.71 Å². The number of alkyl halides is 1. The van der Waals surface area contributed by atoms with Crippen molar-refractivity contribution in [2.75, 3.05) is 0 Å². The molecule has 0 bridgehead atoms. The van der Waals surface area contributed by atoms with Crippen LogP contribution in [0.5, 0.6) is 0 Å². The van der Waals surface area contributed by atoms with Crippen molar-refractivity contribution in [2.24, 2.45) is 10.3 Å². The first kappa shape index (κ1) is 15.3. The SMILES string of the molecule is CC(=N[S+]([O-])C(C)(C)C)C1C(F)=C(F)C=CC1F. The van der Waals surface area contributed by atoms with Crippen molar-refractivity contribution in [1.29, 1.82) is 0 Å². The van der Waals surface area contributed by atoms with Crippen LogP contribution in [0.25, 0.3) is 0 Å². The summed E-state index contributed by atoms with van der Waals surface area (Å²) in [5, 5.41) is 0. The van der Waals surface area contributed by atoms with Gasteiger partial charge in [-0.05, 0) is 39.8 Å². The Morgan fingerprint density at radius 1 is 1.39 bits per heavy atom. The Morgan fingerprint density at radius 2 is 1.94 bits per heavy atom. The second-order valence-electron chi connectivity index (χ2n) is 5.07. The van der Waals surface area contributed by atoms with Crippen LogP contribution < -0.4 is 0 Å². The summed E-state index contributed by atoms with van der Waals surface area (Å²) in [6.45, 7) is 6.44. The predicted molar refractivity (Wildman–Crippen MR) is 67.8 cm³/mol. The monoisotopic (exact) mass is 279 g/mol. The minimum Gasteiger partial charge on any atom is -0.591 e. The van der Waals surface area contributed by atoms with E-state index in [4.69, 9.17) is 0 Å². The molecule has 0 fully saturated rings. The maximum Gasteiger partial charge on any atom is 0.155 e. The van der Waals surface area contributed by atoms with Crippen LogP contribution in [0.2, 0.25) is 0 Å². The lowest BCUT2D eigenvalue weighted by Crippen LogP contribution is -2.30. The Bertz CT molecular complexity index is 412. The highest BCUT2D eigenvalue weighted by Gasteiger charge is 2.35. The largest absolute Gasteiger partial charge is 0.591 e. The molecule has 0 spiro atoms. The Morgan fingerprint density at radius 3 is 2.44 bits per heavy atom. The van der Waals surface area contributed by atoms with Gasteiger partial charge in [0.15, 0.2) is 5.83 Å². The Kier molecular flexibility index (Phi) is 4.66. The fraction of sp³-hybridized carbons (Fsp3) is 0.583. The Hall–Kier alpha value is -0.750. The standard InChI is InChI=1S/C12H16F3NOS/c1-7(16-18(17)12(2,3)4)10-8(13)5-6-9(14)11(10)15/h5-6,8,10H,1-4H3. The molecule has 1 aliphatic rings. The fourth-order valence-electron chi connectivity index (χ4n) is 1.39. The molecule has 18 heavy (non-hydrogen) atoms. The van der Waals surface area contributed by atoms with Gasteiger partial charge in [-0.2, -0.15) is 0 Å². The topological polar surface area (TPSA) is 35.4 Å². The average molecular weight is 279 g/mol. The first-order chi connectivity index (χ1) is 8.14. The third-order valence-corrected chi connectivity index (χ3v) is 3.95. The first-order valence-electron chi connectivity index (χ1n) is 5.49. The molecule has 0 saturated heterocycles. The summed E-state index contributed by atoms with van der Waals surface area (Å²) < 4.78 is 55.1. The summed E-state index contributed by atoms with van der Waals surface area (Å²) in [4.78, 5) is 0. The molecule has 0 aliphatic heterocycles. The average Bonchev–Trinajstić information content (AvgIpc) is 2.22. The number of nitrogens with zero attached hydrogens (tertiary/aromatic N) is 1. The van der Waals surface area contributed by atoms with Crippen LogP contribution in [0.15, 0.2) is 28.2 Å². The summed E-state index contributed by atoms with van der Waals surface area (Å²) >= 11 is -1.62. The van der Waals surface area contributed by atoms with Gasteiger partial charge in [-0.25, -0.2) is 13.2 Å². The van der Waals surface area contributed by atoms with Gasteiger partial charge < -0.3 is 4.55 Å². The fourth-order valence-corrected chi connectivity index (χ4v) is 2.04. The first-order valence-corrected chi connectivity index (χ1v) is 6.60. The lowest BCUT2D eigenvalue weighted by atomic mass is 9.93. The Labute approximate surface area is 108 Å². The van der Waals surface area contributed by atoms with E-state index in [0.717, 1.165) is 12.2 Å². The third-order valence-electron chi connectivity index (χ3n) is 2.45. The number of hydrogen-bond acceptors (Lipinski definition) is 2. The second-order valence-corrected chi connectivity index (χ2v) is 6.98. The molecule has 0 saturated carbocycles. The molecular formula is C12H16F3NOS. The predicted octanol–water partition coefficient (Wildman–Crippen LogP) is 3.58. The third kappa shape index (κ3) is 3.38. The van der Waals surface area contributed by atoms with Gasteiger partial charge in [0.1, 0.15) is 28.1 Å². The molecule has 0 radical (unpaired) electrons. The number of allylic oxidation sites excluding steroid dienone is 4. The molecule has 0 N–H and O–H groups in total. The highest BCUT2D eigenvalue weighted by atomic mass is 32.2. The van der Waals surface area contributed by atoms with E-state index in [1.165, 1.54) is 6.92 Å². The van der Waals surface area contributed by atoms with Crippen molar-refractivity contribution < 1.29 is 17.7 Å². The van der Waals surface area contributed by atoms with E-state index < -0.39 is 39.9 Å². The number of rotatable bonds is 2. The summed E-state index contributed by atoms with van der Waals surface area (Å²) in [6, 6.07) is 0. The molecule has 6 heteroatoms. The minimum absolute atomic E-state index is 0.00671. The normalized spacial score (nSPS) is 27.7. The van der Waals surface area contributed by atoms with Crippen LogP contribution in [0.4, 0.5) is 13.2 Å². The molecule has 0 aromatic heterocycles. The molecule has 0 amide bonds. The van der Waals surface area contributed by atoms with E-state index in [0.29, 0.717) is 0 Å². The highest BCUT2D eigenvalue weighted by molar-refractivity contribution is 7.91. The minimum atomic E-state index is -1.69. The highest BCUT2D eigenvalue weighted by Crippen LogP contribution is 2.31. The molecule has 1 aliphatic carbocycles. The Balaban J connectivity index is 3.00. The second kappa shape index (κ2) is 5.48. The van der Waals surface area contributed by atoms with Crippen molar-refractivity contribution in [1.82, 2.24) is 0 Å². The molecular weight excluding hydrogens is 263 g/mol. The lowest BCUT2D eigenvalue weighted by molar-refractivity contribution is 0.314. The van der Waals surface area contributed by atoms with Gasteiger partial charge in [0.25, 0.3) is 0 Å². The molecule has 102 valence electrons. The smallest absolute Gasteiger partial charge is 0.155 e. The zero-order valence-corrected chi connectivity index (χ0v) is 11.5. The van der Waals surface area contributed by atoms with Crippen molar-refractivity contribution in [3.63, 3.8) is 0 Å². The van der Waals surface area contributed by atoms with Crippen LogP contribution in [0.3, 0.4) is 0 Å². The van der Waals surface area contributed by atoms with Gasteiger partial charge >= 0.3 is 0 Å². The number of halogens is 3. The van der Waals surface area contributed by atoms with Gasteiger partial charge in [0.05, 0.1) is 11.6 Å². The lowest BCUT2D eigenvalue weighted by Gasteiger charge is -2.23. The zero-order valence-electron chi connectivity index (χ0n) is 10.7. The maximum atomic E-state index is 13.6. The van der Waals surface area contributed by atoms with E-state index in [9.17, 15) is 17.7 Å². The van der Waals surface area contributed by atoms with Gasteiger partial charge in [0, 0.05) is 0 Å². The van der Waals surface area contributed by atoms with Crippen LogP contribution >= 0.6 is 0 Å².